The van der Waals surface area contributed by atoms with E-state index in [1.807, 2.05) is 0 Å². The minimum atomic E-state index is 0.270. The van der Waals surface area contributed by atoms with Gasteiger partial charge in [0.05, 0.1) is 17.0 Å². The summed E-state index contributed by atoms with van der Waals surface area (Å²) in [5.74, 6) is 0.613. The van der Waals surface area contributed by atoms with Crippen LogP contribution >= 0.6 is 0 Å². The third-order valence-corrected chi connectivity index (χ3v) is 4.43. The van der Waals surface area contributed by atoms with Gasteiger partial charge in [-0.25, -0.2) is 0 Å². The highest BCUT2D eigenvalue weighted by Gasteiger charge is 2.22. The van der Waals surface area contributed by atoms with Crippen LogP contribution < -0.4 is 5.73 Å². The molecule has 3 N–H and O–H groups in total. The van der Waals surface area contributed by atoms with Gasteiger partial charge in [0, 0.05) is 24.4 Å². The normalized spacial score (nSPS) is 17.4. The van der Waals surface area contributed by atoms with E-state index in [1.54, 1.807) is 0 Å². The number of piperidine rings is 1. The number of likely N-dealkylation sites (tertiary alicyclic amines) is 1. The maximum Gasteiger partial charge on any atom is 0.0937 e. The first-order valence-electron chi connectivity index (χ1n) is 7.69. The van der Waals surface area contributed by atoms with Crippen molar-refractivity contribution in [3.05, 3.63) is 30.0 Å². The number of para-hydroxylation sites is 1. The molecule has 0 bridgehead atoms. The van der Waals surface area contributed by atoms with Crippen LogP contribution in [-0.4, -0.2) is 33.6 Å². The summed E-state index contributed by atoms with van der Waals surface area (Å²) < 4.78 is 2.08. The van der Waals surface area contributed by atoms with Crippen molar-refractivity contribution in [2.24, 2.45) is 11.7 Å². The molecule has 0 spiro atoms. The van der Waals surface area contributed by atoms with Crippen molar-refractivity contribution in [2.75, 3.05) is 13.1 Å². The zero-order chi connectivity index (χ0) is 14.8. The van der Waals surface area contributed by atoms with E-state index in [1.165, 1.54) is 10.9 Å². The van der Waals surface area contributed by atoms with E-state index in [4.69, 9.17) is 16.2 Å². The Kier molecular flexibility index (Phi) is 3.92. The van der Waals surface area contributed by atoms with Crippen molar-refractivity contribution in [1.82, 2.24) is 14.7 Å². The van der Waals surface area contributed by atoms with Gasteiger partial charge in [0.1, 0.15) is 0 Å². The number of amidine groups is 1. The molecule has 3 rings (SSSR count). The van der Waals surface area contributed by atoms with E-state index in [0.717, 1.165) is 44.7 Å². The summed E-state index contributed by atoms with van der Waals surface area (Å²) in [6.07, 6.45) is 1.98. The second kappa shape index (κ2) is 5.85. The average Bonchev–Trinajstić information content (AvgIpc) is 2.86. The topological polar surface area (TPSA) is 70.9 Å². The summed E-state index contributed by atoms with van der Waals surface area (Å²) in [6, 6.07) is 8.44. The molecule has 5 nitrogen and oxygen atoms in total. The molecule has 112 valence electrons. The molecule has 21 heavy (non-hydrogen) atoms. The molecule has 0 unspecified atom stereocenters. The van der Waals surface area contributed by atoms with Gasteiger partial charge >= 0.3 is 0 Å². The van der Waals surface area contributed by atoms with Crippen molar-refractivity contribution in [2.45, 2.75) is 32.9 Å². The lowest BCUT2D eigenvalue weighted by Gasteiger charge is -2.30. The van der Waals surface area contributed by atoms with Crippen LogP contribution in [0.25, 0.3) is 10.9 Å². The Bertz CT molecular complexity index is 637. The van der Waals surface area contributed by atoms with Gasteiger partial charge < -0.3 is 5.73 Å². The fourth-order valence-corrected chi connectivity index (χ4v) is 3.17. The highest BCUT2D eigenvalue weighted by atomic mass is 15.3. The maximum absolute atomic E-state index is 7.56. The fourth-order valence-electron chi connectivity index (χ4n) is 3.17. The number of hydrogen-bond donors (Lipinski definition) is 2. The van der Waals surface area contributed by atoms with Crippen LogP contribution in [-0.2, 0) is 13.1 Å². The zero-order valence-corrected chi connectivity index (χ0v) is 12.5. The van der Waals surface area contributed by atoms with Crippen molar-refractivity contribution in [1.29, 1.82) is 5.41 Å². The summed E-state index contributed by atoms with van der Waals surface area (Å²) in [4.78, 5) is 2.42. The third kappa shape index (κ3) is 2.78. The molecule has 1 aromatic carbocycles. The lowest BCUT2D eigenvalue weighted by atomic mass is 9.96. The number of nitrogens with zero attached hydrogens (tertiary/aromatic N) is 3. The fraction of sp³-hybridized carbons (Fsp3) is 0.500. The van der Waals surface area contributed by atoms with Gasteiger partial charge in [0.15, 0.2) is 0 Å². The van der Waals surface area contributed by atoms with Gasteiger partial charge in [-0.05, 0) is 38.9 Å². The lowest BCUT2D eigenvalue weighted by Crippen LogP contribution is -2.38. The van der Waals surface area contributed by atoms with E-state index in [9.17, 15) is 0 Å². The third-order valence-electron chi connectivity index (χ3n) is 4.43. The van der Waals surface area contributed by atoms with Crippen LogP contribution in [0, 0.1) is 11.3 Å². The molecule has 1 aliphatic heterocycles. The van der Waals surface area contributed by atoms with Crippen LogP contribution in [0.3, 0.4) is 0 Å². The average molecular weight is 285 g/mol. The van der Waals surface area contributed by atoms with Gasteiger partial charge in [-0.3, -0.25) is 15.0 Å². The molecule has 1 fully saturated rings. The molecule has 0 amide bonds. The molecule has 5 heteroatoms. The van der Waals surface area contributed by atoms with Crippen LogP contribution in [0.1, 0.15) is 25.5 Å². The summed E-state index contributed by atoms with van der Waals surface area (Å²) in [5, 5.41) is 13.6. The maximum atomic E-state index is 7.56. The van der Waals surface area contributed by atoms with E-state index < -0.39 is 0 Å². The van der Waals surface area contributed by atoms with Crippen LogP contribution in [0.2, 0.25) is 0 Å². The number of nitrogens with one attached hydrogen (secondary N) is 1. The van der Waals surface area contributed by atoms with Gasteiger partial charge in [0.25, 0.3) is 0 Å². The van der Waals surface area contributed by atoms with E-state index in [0.29, 0.717) is 5.84 Å². The van der Waals surface area contributed by atoms with E-state index in [2.05, 4.69) is 40.8 Å². The highest BCUT2D eigenvalue weighted by molar-refractivity contribution is 5.82. The number of fused-ring (bicyclic) bond motifs is 1. The number of rotatable bonds is 4. The molecular formula is C16H23N5. The minimum Gasteiger partial charge on any atom is -0.387 e. The second-order valence-corrected chi connectivity index (χ2v) is 5.79. The van der Waals surface area contributed by atoms with Gasteiger partial charge in [0.2, 0.25) is 0 Å². The van der Waals surface area contributed by atoms with Crippen LogP contribution in [0.5, 0.6) is 0 Å². The molecule has 2 heterocycles. The standard InChI is InChI=1S/C16H23N5/c1-2-21-15-6-4-3-5-13(15)14(19-21)11-20-9-7-12(8-10-20)16(17)18/h3-6,12H,2,7-11H2,1H3,(H3,17,18). The monoisotopic (exact) mass is 285 g/mol. The minimum absolute atomic E-state index is 0.270. The Morgan fingerprint density at radius 3 is 2.71 bits per heavy atom. The second-order valence-electron chi connectivity index (χ2n) is 5.79. The number of aromatic nitrogens is 2. The summed E-state index contributed by atoms with van der Waals surface area (Å²) in [6.45, 7) is 5.90. The predicted octanol–water partition coefficient (Wildman–Crippen LogP) is 2.20. The molecule has 0 aliphatic carbocycles. The Hall–Kier alpha value is -1.88. The van der Waals surface area contributed by atoms with Crippen molar-refractivity contribution < 1.29 is 0 Å². The number of hydrogen-bond acceptors (Lipinski definition) is 3. The number of aryl methyl sites for hydroxylation is 1. The van der Waals surface area contributed by atoms with Crippen molar-refractivity contribution in [3.63, 3.8) is 0 Å². The summed E-state index contributed by atoms with van der Waals surface area (Å²) in [5.41, 5.74) is 7.99. The largest absolute Gasteiger partial charge is 0.387 e. The Morgan fingerprint density at radius 2 is 2.05 bits per heavy atom. The van der Waals surface area contributed by atoms with Gasteiger partial charge in [-0.15, -0.1) is 0 Å². The van der Waals surface area contributed by atoms with Crippen molar-refractivity contribution >= 4 is 16.7 Å². The van der Waals surface area contributed by atoms with E-state index in [-0.39, 0.29) is 5.92 Å². The highest BCUT2D eigenvalue weighted by Crippen LogP contribution is 2.23. The first-order chi connectivity index (χ1) is 10.2. The summed E-state index contributed by atoms with van der Waals surface area (Å²) in [7, 11) is 0. The molecule has 0 saturated carbocycles. The Balaban J connectivity index is 1.75. The van der Waals surface area contributed by atoms with E-state index >= 15 is 0 Å². The van der Waals surface area contributed by atoms with Crippen molar-refractivity contribution in [3.8, 4) is 0 Å². The first-order valence-corrected chi connectivity index (χ1v) is 7.69. The molecule has 1 aromatic heterocycles. The Morgan fingerprint density at radius 1 is 1.33 bits per heavy atom. The van der Waals surface area contributed by atoms with Gasteiger partial charge in [-0.2, -0.15) is 5.10 Å². The number of benzene rings is 1. The summed E-state index contributed by atoms with van der Waals surface area (Å²) >= 11 is 0. The lowest BCUT2D eigenvalue weighted by molar-refractivity contribution is 0.199. The molecule has 1 aliphatic rings. The molecule has 1 saturated heterocycles. The molecular weight excluding hydrogens is 262 g/mol. The molecule has 0 atom stereocenters. The van der Waals surface area contributed by atoms with Crippen LogP contribution in [0.4, 0.5) is 0 Å². The smallest absolute Gasteiger partial charge is 0.0937 e. The molecule has 2 aromatic rings. The molecule has 0 radical (unpaired) electrons. The first kappa shape index (κ1) is 14.1. The van der Waals surface area contributed by atoms with Gasteiger partial charge in [-0.1, -0.05) is 18.2 Å². The zero-order valence-electron chi connectivity index (χ0n) is 12.5. The van der Waals surface area contributed by atoms with Crippen LogP contribution in [0.15, 0.2) is 24.3 Å². The Labute approximate surface area is 125 Å². The quantitative estimate of drug-likeness (QED) is 0.668. The predicted molar refractivity (Wildman–Crippen MR) is 85.3 cm³/mol. The SMILES string of the molecule is CCn1nc(CN2CCC(C(=N)N)CC2)c2ccccc21. The number of nitrogens with two attached hydrogens (primary N) is 1.